The number of fused-ring (bicyclic) bond motifs is 3. The zero-order valence-electron chi connectivity index (χ0n) is 22.9. The molecule has 35 heavy (non-hydrogen) atoms. The lowest BCUT2D eigenvalue weighted by molar-refractivity contribution is -0.137. The summed E-state index contributed by atoms with van der Waals surface area (Å²) in [6, 6.07) is 4.18. The molecule has 1 heterocycles. The molecule has 0 amide bonds. The number of esters is 1. The topological polar surface area (TPSA) is 57.1 Å². The molecule has 1 aliphatic heterocycles. The number of nitrogens with zero attached hydrogens (tertiary/aromatic N) is 1. The Morgan fingerprint density at radius 1 is 1.23 bits per heavy atom. The summed E-state index contributed by atoms with van der Waals surface area (Å²) in [6.45, 7) is 15.2. The highest BCUT2D eigenvalue weighted by Gasteiger charge is 2.47. The highest BCUT2D eigenvalue weighted by Crippen LogP contribution is 2.54. The maximum atomic E-state index is 12.7. The summed E-state index contributed by atoms with van der Waals surface area (Å²) in [6.07, 6.45) is 10.4. The largest absolute Gasteiger partial charge is 0.487 e. The van der Waals surface area contributed by atoms with Gasteiger partial charge in [0.25, 0.3) is 0 Å². The first-order valence-electron chi connectivity index (χ1n) is 13.6. The number of oxime groups is 1. The molecule has 3 rings (SSSR count). The number of hydrogen-bond acceptors (Lipinski definition) is 5. The van der Waals surface area contributed by atoms with Crippen molar-refractivity contribution in [1.29, 1.82) is 0 Å². The Labute approximate surface area is 212 Å². The molecule has 1 aromatic carbocycles. The van der Waals surface area contributed by atoms with Crippen LogP contribution < -0.4 is 9.47 Å². The van der Waals surface area contributed by atoms with Crippen molar-refractivity contribution in [3.05, 3.63) is 29.3 Å². The van der Waals surface area contributed by atoms with Gasteiger partial charge >= 0.3 is 5.97 Å². The first kappa shape index (κ1) is 27.3. The molecule has 0 bridgehead atoms. The van der Waals surface area contributed by atoms with E-state index in [1.165, 1.54) is 5.57 Å². The molecule has 0 saturated heterocycles. The van der Waals surface area contributed by atoms with Crippen molar-refractivity contribution in [3.63, 3.8) is 0 Å². The van der Waals surface area contributed by atoms with Crippen LogP contribution in [0.5, 0.6) is 11.5 Å². The highest BCUT2D eigenvalue weighted by atomic mass is 16.6. The van der Waals surface area contributed by atoms with E-state index in [0.717, 1.165) is 74.0 Å². The van der Waals surface area contributed by atoms with Crippen molar-refractivity contribution in [3.8, 4) is 11.5 Å². The van der Waals surface area contributed by atoms with Crippen LogP contribution in [0.25, 0.3) is 5.57 Å². The fourth-order valence-electron chi connectivity index (χ4n) is 5.17. The number of ether oxygens (including phenoxy) is 2. The Morgan fingerprint density at radius 2 is 1.97 bits per heavy atom. The number of rotatable bonds is 10. The molecule has 0 radical (unpaired) electrons. The van der Waals surface area contributed by atoms with Gasteiger partial charge in [0.05, 0.1) is 11.6 Å². The van der Waals surface area contributed by atoms with E-state index in [-0.39, 0.29) is 23.4 Å². The van der Waals surface area contributed by atoms with Gasteiger partial charge in [-0.25, -0.2) is 0 Å². The van der Waals surface area contributed by atoms with Gasteiger partial charge in [-0.05, 0) is 76.1 Å². The summed E-state index contributed by atoms with van der Waals surface area (Å²) in [5.41, 5.74) is 4.01. The Bertz CT molecular complexity index is 944. The van der Waals surface area contributed by atoms with Gasteiger partial charge in [-0.2, -0.15) is 0 Å². The Morgan fingerprint density at radius 3 is 2.66 bits per heavy atom. The molecule has 0 aromatic heterocycles. The van der Waals surface area contributed by atoms with Crippen LogP contribution >= 0.6 is 0 Å². The number of hydrogen-bond donors (Lipinski definition) is 0. The van der Waals surface area contributed by atoms with Crippen molar-refractivity contribution in [2.45, 2.75) is 111 Å². The van der Waals surface area contributed by atoms with Crippen molar-refractivity contribution in [1.82, 2.24) is 0 Å². The van der Waals surface area contributed by atoms with Crippen LogP contribution in [0.3, 0.4) is 0 Å². The van der Waals surface area contributed by atoms with Crippen LogP contribution in [0.2, 0.25) is 0 Å². The molecule has 194 valence electrons. The van der Waals surface area contributed by atoms with E-state index in [4.69, 9.17) is 14.3 Å². The quantitative estimate of drug-likeness (QED) is 0.146. The average molecular weight is 484 g/mol. The summed E-state index contributed by atoms with van der Waals surface area (Å²) in [5, 5.41) is 4.50. The number of unbranched alkanes of at least 4 members (excludes halogenated alkanes) is 3. The van der Waals surface area contributed by atoms with Crippen LogP contribution in [-0.4, -0.2) is 23.9 Å². The average Bonchev–Trinajstić information content (AvgIpc) is 2.81. The minimum Gasteiger partial charge on any atom is -0.487 e. The summed E-state index contributed by atoms with van der Waals surface area (Å²) in [7, 11) is 0. The molecular weight excluding hydrogens is 438 g/mol. The maximum Gasteiger partial charge on any atom is 0.313 e. The molecule has 5 heteroatoms. The first-order chi connectivity index (χ1) is 16.7. The maximum absolute atomic E-state index is 12.7. The highest BCUT2D eigenvalue weighted by molar-refractivity contribution is 5.86. The van der Waals surface area contributed by atoms with Crippen LogP contribution in [0.4, 0.5) is 0 Å². The Balaban J connectivity index is 2.04. The molecule has 1 saturated carbocycles. The van der Waals surface area contributed by atoms with Crippen molar-refractivity contribution in [2.24, 2.45) is 17.0 Å². The first-order valence-corrected chi connectivity index (χ1v) is 13.6. The third kappa shape index (κ3) is 6.68. The molecule has 0 spiro atoms. The van der Waals surface area contributed by atoms with Gasteiger partial charge in [0.2, 0.25) is 0 Å². The van der Waals surface area contributed by atoms with E-state index in [1.54, 1.807) is 0 Å². The van der Waals surface area contributed by atoms with E-state index in [9.17, 15) is 4.79 Å². The molecular formula is C30H45NO4. The Kier molecular flexibility index (Phi) is 9.43. The minimum absolute atomic E-state index is 0.171. The molecule has 0 N–H and O–H groups in total. The zero-order chi connectivity index (χ0) is 25.6. The number of benzene rings is 1. The predicted octanol–water partition coefficient (Wildman–Crippen LogP) is 8.07. The van der Waals surface area contributed by atoms with Gasteiger partial charge in [-0.1, -0.05) is 58.2 Å². The minimum atomic E-state index is -0.315. The summed E-state index contributed by atoms with van der Waals surface area (Å²) in [4.78, 5) is 18.3. The molecule has 1 fully saturated rings. The van der Waals surface area contributed by atoms with E-state index in [1.807, 2.05) is 19.9 Å². The van der Waals surface area contributed by atoms with E-state index < -0.39 is 0 Å². The monoisotopic (exact) mass is 483 g/mol. The van der Waals surface area contributed by atoms with E-state index in [2.05, 4.69) is 51.9 Å². The van der Waals surface area contributed by atoms with Crippen LogP contribution in [0.15, 0.2) is 23.4 Å². The number of carbonyl (C=O) groups excluding carboxylic acids is 1. The SMILES string of the molecule is CCCCC=C(C)c1cc(OC(=O)C(C)C)c2c(c1)OC(C)(C)C1CCC(=NOCCCC)CC21. The van der Waals surface area contributed by atoms with Crippen molar-refractivity contribution < 1.29 is 19.1 Å². The van der Waals surface area contributed by atoms with Crippen LogP contribution in [0.1, 0.15) is 117 Å². The molecule has 2 atom stereocenters. The van der Waals surface area contributed by atoms with E-state index in [0.29, 0.717) is 18.3 Å². The van der Waals surface area contributed by atoms with Crippen molar-refractivity contribution in [2.75, 3.05) is 6.61 Å². The lowest BCUT2D eigenvalue weighted by Crippen LogP contribution is -2.47. The lowest BCUT2D eigenvalue weighted by Gasteiger charge is -2.47. The smallest absolute Gasteiger partial charge is 0.313 e. The Hall–Kier alpha value is -2.30. The molecule has 1 aromatic rings. The third-order valence-corrected chi connectivity index (χ3v) is 7.35. The summed E-state index contributed by atoms with van der Waals surface area (Å²) in [5.74, 6) is 1.53. The molecule has 1 aliphatic carbocycles. The molecule has 2 aliphatic rings. The van der Waals surface area contributed by atoms with E-state index >= 15 is 0 Å². The molecule has 2 unspecified atom stereocenters. The van der Waals surface area contributed by atoms with Crippen molar-refractivity contribution >= 4 is 17.3 Å². The fourth-order valence-corrected chi connectivity index (χ4v) is 5.17. The van der Waals surface area contributed by atoms with Crippen LogP contribution in [0, 0.1) is 11.8 Å². The number of carbonyl (C=O) groups is 1. The van der Waals surface area contributed by atoms with Gasteiger partial charge < -0.3 is 14.3 Å². The van der Waals surface area contributed by atoms with Crippen LogP contribution in [-0.2, 0) is 9.63 Å². The normalized spacial score (nSPS) is 22.4. The molecule has 5 nitrogen and oxygen atoms in total. The lowest BCUT2D eigenvalue weighted by atomic mass is 9.66. The zero-order valence-corrected chi connectivity index (χ0v) is 22.9. The second-order valence-corrected chi connectivity index (χ2v) is 11.0. The fraction of sp³-hybridized carbons (Fsp3) is 0.667. The summed E-state index contributed by atoms with van der Waals surface area (Å²) >= 11 is 0. The van der Waals surface area contributed by atoms with Gasteiger partial charge in [-0.15, -0.1) is 0 Å². The van der Waals surface area contributed by atoms with Gasteiger partial charge in [0.1, 0.15) is 23.7 Å². The van der Waals surface area contributed by atoms with Gasteiger partial charge in [0.15, 0.2) is 0 Å². The predicted molar refractivity (Wildman–Crippen MR) is 143 cm³/mol. The second-order valence-electron chi connectivity index (χ2n) is 11.0. The third-order valence-electron chi connectivity index (χ3n) is 7.35. The van der Waals surface area contributed by atoms with Gasteiger partial charge in [0, 0.05) is 17.4 Å². The number of allylic oxidation sites excluding steroid dienone is 2. The standard InChI is InChI=1S/C30H45NO4/c1-8-10-12-13-21(5)22-17-26(34-29(32)20(3)4)28-24-19-23(31-33-16-11-9-2)14-15-25(24)30(6,7)35-27(28)18-22/h13,17-18,20,24-25H,8-12,14-16,19H2,1-7H3. The second kappa shape index (κ2) is 12.1. The summed E-state index contributed by atoms with van der Waals surface area (Å²) < 4.78 is 12.7. The van der Waals surface area contributed by atoms with Gasteiger partial charge in [-0.3, -0.25) is 4.79 Å².